The summed E-state index contributed by atoms with van der Waals surface area (Å²) in [5.74, 6) is 0. The lowest BCUT2D eigenvalue weighted by molar-refractivity contribution is 0.117. The number of amides is 2. The number of urea groups is 1. The van der Waals surface area contributed by atoms with E-state index in [2.05, 4.69) is 17.2 Å². The van der Waals surface area contributed by atoms with Crippen molar-refractivity contribution in [2.45, 2.75) is 52.0 Å². The Balaban J connectivity index is 1.79. The van der Waals surface area contributed by atoms with E-state index >= 15 is 0 Å². The summed E-state index contributed by atoms with van der Waals surface area (Å²) < 4.78 is 5.16. The number of aromatic nitrogens is 1. The number of hydrogen-bond donors (Lipinski definition) is 1. The predicted molar refractivity (Wildman–Crippen MR) is 89.5 cm³/mol. The topological polar surface area (TPSA) is 54.5 Å². The van der Waals surface area contributed by atoms with Gasteiger partial charge in [0.1, 0.15) is 0 Å². The molecule has 2 heterocycles. The minimum Gasteiger partial charge on any atom is -0.385 e. The molecule has 1 atom stereocenters. The van der Waals surface area contributed by atoms with Gasteiger partial charge in [-0.25, -0.2) is 9.78 Å². The number of thiazole rings is 1. The molecule has 1 aliphatic rings. The van der Waals surface area contributed by atoms with Crippen LogP contribution in [-0.2, 0) is 11.2 Å². The molecule has 22 heavy (non-hydrogen) atoms. The van der Waals surface area contributed by atoms with E-state index in [0.717, 1.165) is 42.9 Å². The maximum absolute atomic E-state index is 12.4. The largest absolute Gasteiger partial charge is 0.385 e. The third kappa shape index (κ3) is 4.68. The van der Waals surface area contributed by atoms with E-state index in [-0.39, 0.29) is 6.03 Å². The van der Waals surface area contributed by atoms with Crippen molar-refractivity contribution in [1.29, 1.82) is 0 Å². The van der Waals surface area contributed by atoms with Crippen molar-refractivity contribution in [1.82, 2.24) is 15.2 Å². The Kier molecular flexibility index (Phi) is 6.64. The molecule has 2 amide bonds. The second-order valence-corrected chi connectivity index (χ2v) is 7.14. The van der Waals surface area contributed by atoms with Crippen LogP contribution in [0.25, 0.3) is 0 Å². The fraction of sp³-hybridized carbons (Fsp3) is 0.750. The van der Waals surface area contributed by atoms with Gasteiger partial charge in [0.2, 0.25) is 0 Å². The van der Waals surface area contributed by atoms with Crippen LogP contribution in [0, 0.1) is 13.8 Å². The summed E-state index contributed by atoms with van der Waals surface area (Å²) in [6.07, 6.45) is 5.12. The SMILES string of the molecule is COCC[C@H]1CCCCN1C(=O)NCCc1nc(C)c(C)s1. The summed E-state index contributed by atoms with van der Waals surface area (Å²) in [7, 11) is 1.71. The highest BCUT2D eigenvalue weighted by atomic mass is 32.1. The fourth-order valence-corrected chi connectivity index (χ4v) is 3.78. The average Bonchev–Trinajstić information content (AvgIpc) is 2.83. The van der Waals surface area contributed by atoms with Gasteiger partial charge < -0.3 is 15.0 Å². The highest BCUT2D eigenvalue weighted by Gasteiger charge is 2.26. The molecule has 0 spiro atoms. The van der Waals surface area contributed by atoms with E-state index in [1.807, 2.05) is 11.8 Å². The number of rotatable bonds is 6. The zero-order valence-corrected chi connectivity index (χ0v) is 14.7. The van der Waals surface area contributed by atoms with Crippen LogP contribution in [-0.4, -0.2) is 48.8 Å². The van der Waals surface area contributed by atoms with E-state index in [1.54, 1.807) is 18.4 Å². The number of carbonyl (C=O) groups excluding carboxylic acids is 1. The van der Waals surface area contributed by atoms with Crippen molar-refractivity contribution in [2.75, 3.05) is 26.8 Å². The van der Waals surface area contributed by atoms with Crippen LogP contribution in [0.4, 0.5) is 4.79 Å². The zero-order chi connectivity index (χ0) is 15.9. The van der Waals surface area contributed by atoms with Gasteiger partial charge in [0, 0.05) is 44.1 Å². The molecule has 0 aromatic carbocycles. The molecule has 1 saturated heterocycles. The highest BCUT2D eigenvalue weighted by molar-refractivity contribution is 7.11. The first-order valence-corrected chi connectivity index (χ1v) is 8.89. The number of nitrogens with one attached hydrogen (secondary N) is 1. The molecular weight excluding hydrogens is 298 g/mol. The summed E-state index contributed by atoms with van der Waals surface area (Å²) in [5.41, 5.74) is 1.10. The monoisotopic (exact) mass is 325 g/mol. The van der Waals surface area contributed by atoms with Crippen LogP contribution >= 0.6 is 11.3 Å². The molecule has 2 rings (SSSR count). The molecule has 1 aromatic rings. The Hall–Kier alpha value is -1.14. The Morgan fingerprint density at radius 1 is 1.45 bits per heavy atom. The van der Waals surface area contributed by atoms with Gasteiger partial charge in [-0.05, 0) is 39.5 Å². The molecule has 6 heteroatoms. The second kappa shape index (κ2) is 8.48. The first-order valence-electron chi connectivity index (χ1n) is 8.08. The summed E-state index contributed by atoms with van der Waals surface area (Å²) >= 11 is 1.72. The summed E-state index contributed by atoms with van der Waals surface area (Å²) in [4.78, 5) is 20.2. The average molecular weight is 325 g/mol. The lowest BCUT2D eigenvalue weighted by Crippen LogP contribution is -2.49. The first-order chi connectivity index (χ1) is 10.6. The fourth-order valence-electron chi connectivity index (χ4n) is 2.85. The zero-order valence-electron chi connectivity index (χ0n) is 13.9. The molecule has 1 N–H and O–H groups in total. The standard InChI is InChI=1S/C16H27N3O2S/c1-12-13(2)22-15(18-12)7-9-17-16(20)19-10-5-4-6-14(19)8-11-21-3/h14H,4-11H2,1-3H3,(H,17,20)/t14-/m1/s1. The van der Waals surface area contributed by atoms with Gasteiger partial charge in [-0.15, -0.1) is 11.3 Å². The molecule has 124 valence electrons. The van der Waals surface area contributed by atoms with Crippen molar-refractivity contribution in [3.63, 3.8) is 0 Å². The number of nitrogens with zero attached hydrogens (tertiary/aromatic N) is 2. The number of aryl methyl sites for hydroxylation is 2. The molecule has 1 fully saturated rings. The van der Waals surface area contributed by atoms with Crippen molar-refractivity contribution < 1.29 is 9.53 Å². The lowest BCUT2D eigenvalue weighted by atomic mass is 10.0. The number of methoxy groups -OCH3 is 1. The smallest absolute Gasteiger partial charge is 0.317 e. The van der Waals surface area contributed by atoms with Gasteiger partial charge in [-0.3, -0.25) is 0 Å². The number of likely N-dealkylation sites (tertiary alicyclic amines) is 1. The van der Waals surface area contributed by atoms with Gasteiger partial charge in [-0.1, -0.05) is 0 Å². The first kappa shape index (κ1) is 17.2. The molecule has 5 nitrogen and oxygen atoms in total. The lowest BCUT2D eigenvalue weighted by Gasteiger charge is -2.35. The summed E-state index contributed by atoms with van der Waals surface area (Å²) in [6, 6.07) is 0.379. The molecule has 1 aromatic heterocycles. The molecule has 0 saturated carbocycles. The third-order valence-corrected chi connectivity index (χ3v) is 5.36. The van der Waals surface area contributed by atoms with Crippen LogP contribution < -0.4 is 5.32 Å². The van der Waals surface area contributed by atoms with Crippen molar-refractivity contribution >= 4 is 17.4 Å². The summed E-state index contributed by atoms with van der Waals surface area (Å²) in [6.45, 7) is 6.34. The quantitative estimate of drug-likeness (QED) is 0.875. The van der Waals surface area contributed by atoms with Gasteiger partial charge in [0.25, 0.3) is 0 Å². The number of ether oxygens (including phenoxy) is 1. The Morgan fingerprint density at radius 3 is 2.95 bits per heavy atom. The number of hydrogen-bond acceptors (Lipinski definition) is 4. The van der Waals surface area contributed by atoms with E-state index in [4.69, 9.17) is 4.74 Å². The second-order valence-electron chi connectivity index (χ2n) is 5.86. The van der Waals surface area contributed by atoms with E-state index in [0.29, 0.717) is 19.2 Å². The van der Waals surface area contributed by atoms with Crippen molar-refractivity contribution in [2.24, 2.45) is 0 Å². The summed E-state index contributed by atoms with van der Waals surface area (Å²) in [5, 5.41) is 4.15. The number of carbonyl (C=O) groups is 1. The highest BCUT2D eigenvalue weighted by Crippen LogP contribution is 2.20. The van der Waals surface area contributed by atoms with Crippen LogP contribution in [0.5, 0.6) is 0 Å². The minimum atomic E-state index is 0.0609. The normalized spacial score (nSPS) is 18.5. The minimum absolute atomic E-state index is 0.0609. The molecule has 0 aliphatic carbocycles. The van der Waals surface area contributed by atoms with Crippen LogP contribution in [0.1, 0.15) is 41.3 Å². The van der Waals surface area contributed by atoms with Crippen LogP contribution in [0.2, 0.25) is 0 Å². The van der Waals surface area contributed by atoms with Crippen LogP contribution in [0.15, 0.2) is 0 Å². The van der Waals surface area contributed by atoms with E-state index in [1.165, 1.54) is 11.3 Å². The maximum Gasteiger partial charge on any atom is 0.317 e. The maximum atomic E-state index is 12.4. The Labute approximate surface area is 137 Å². The van der Waals surface area contributed by atoms with E-state index < -0.39 is 0 Å². The molecule has 0 radical (unpaired) electrons. The molecule has 1 aliphatic heterocycles. The van der Waals surface area contributed by atoms with Gasteiger partial charge >= 0.3 is 6.03 Å². The molecular formula is C16H27N3O2S. The Bertz CT molecular complexity index is 470. The van der Waals surface area contributed by atoms with Crippen LogP contribution in [0.3, 0.4) is 0 Å². The molecule has 0 bridgehead atoms. The van der Waals surface area contributed by atoms with E-state index in [9.17, 15) is 4.79 Å². The third-order valence-electron chi connectivity index (χ3n) is 4.23. The van der Waals surface area contributed by atoms with Gasteiger partial charge in [-0.2, -0.15) is 0 Å². The molecule has 0 unspecified atom stereocenters. The van der Waals surface area contributed by atoms with Crippen molar-refractivity contribution in [3.05, 3.63) is 15.6 Å². The predicted octanol–water partition coefficient (Wildman–Crippen LogP) is 2.90. The van der Waals surface area contributed by atoms with Gasteiger partial charge in [0.15, 0.2) is 0 Å². The number of piperidine rings is 1. The Morgan fingerprint density at radius 2 is 2.27 bits per heavy atom. The van der Waals surface area contributed by atoms with Gasteiger partial charge in [0.05, 0.1) is 10.7 Å². The van der Waals surface area contributed by atoms with Crippen molar-refractivity contribution in [3.8, 4) is 0 Å².